The molecule has 0 fully saturated rings. The average molecular weight is 280 g/mol. The van der Waals surface area contributed by atoms with Crippen LogP contribution < -0.4 is 4.74 Å². The lowest BCUT2D eigenvalue weighted by molar-refractivity contribution is -0.147. The molecule has 7 heteroatoms. The van der Waals surface area contributed by atoms with Gasteiger partial charge in [-0.05, 0) is 22.9 Å². The van der Waals surface area contributed by atoms with Gasteiger partial charge in [0.05, 0.1) is 0 Å². The van der Waals surface area contributed by atoms with Crippen LogP contribution in [0.2, 0.25) is 0 Å². The van der Waals surface area contributed by atoms with Crippen LogP contribution in [0.1, 0.15) is 0 Å². The smallest absolute Gasteiger partial charge is 0.418 e. The number of rotatable bonds is 2. The van der Waals surface area contributed by atoms with Gasteiger partial charge in [0.15, 0.2) is 0 Å². The number of halogens is 3. The summed E-state index contributed by atoms with van der Waals surface area (Å²) in [6, 6.07) is 11.4. The number of hydrogen-bond acceptors (Lipinski definition) is 2. The molecule has 0 bridgehead atoms. The van der Waals surface area contributed by atoms with E-state index in [2.05, 4.69) is 4.74 Å². The maximum absolute atomic E-state index is 12.3. The number of ether oxygens (including phenoxy) is 1. The second-order valence-corrected chi connectivity index (χ2v) is 3.84. The zero-order valence-corrected chi connectivity index (χ0v) is 9.89. The average Bonchev–Trinajstić information content (AvgIpc) is 2.37. The first kappa shape index (κ1) is 13.8. The Hall–Kier alpha value is -2.66. The minimum Gasteiger partial charge on any atom is -0.418 e. The first-order valence-corrected chi connectivity index (χ1v) is 5.42. The number of carbonyl (C=O) groups is 1. The summed E-state index contributed by atoms with van der Waals surface area (Å²) < 4.78 is 41.6. The third-order valence-electron chi connectivity index (χ3n) is 2.49. The van der Waals surface area contributed by atoms with E-state index in [0.29, 0.717) is 5.39 Å². The molecule has 20 heavy (non-hydrogen) atoms. The molecule has 0 aliphatic heterocycles. The summed E-state index contributed by atoms with van der Waals surface area (Å²) in [6.07, 6.45) is -5.08. The Morgan fingerprint density at radius 3 is 2.35 bits per heavy atom. The van der Waals surface area contributed by atoms with Gasteiger partial charge in [0.1, 0.15) is 5.75 Å². The van der Waals surface area contributed by atoms with E-state index in [9.17, 15) is 18.0 Å². The molecule has 0 unspecified atom stereocenters. The van der Waals surface area contributed by atoms with Crippen LogP contribution in [0.15, 0.2) is 42.5 Å². The van der Waals surface area contributed by atoms with E-state index >= 15 is 0 Å². The molecule has 0 saturated heterocycles. The van der Waals surface area contributed by atoms with E-state index in [1.54, 1.807) is 30.3 Å². The van der Waals surface area contributed by atoms with Crippen LogP contribution in [-0.4, -0.2) is 22.6 Å². The molecule has 0 N–H and O–H groups in total. The van der Waals surface area contributed by atoms with Gasteiger partial charge in [-0.15, -0.1) is 0 Å². The summed E-state index contributed by atoms with van der Waals surface area (Å²) in [6.45, 7) is 0. The van der Waals surface area contributed by atoms with Crippen molar-refractivity contribution in [1.82, 2.24) is 0 Å². The molecule has 0 radical (unpaired) electrons. The molecule has 2 aromatic rings. The number of nitrogens with zero attached hydrogens (tertiary/aromatic N) is 2. The predicted octanol–water partition coefficient (Wildman–Crippen LogP) is 2.98. The Labute approximate surface area is 111 Å². The number of fused-ring (bicyclic) bond motifs is 1. The number of carbonyl (C=O) groups excluding carboxylic acids is 1. The molecule has 0 amide bonds. The van der Waals surface area contributed by atoms with Crippen LogP contribution in [0.25, 0.3) is 16.3 Å². The SMILES string of the molecule is [N-]=[N+]=C(C(=O)Oc1ccc2ccccc2c1)C(F)(F)F. The second-order valence-electron chi connectivity index (χ2n) is 3.84. The van der Waals surface area contributed by atoms with Crippen molar-refractivity contribution in [1.29, 1.82) is 0 Å². The van der Waals surface area contributed by atoms with Gasteiger partial charge >= 0.3 is 17.9 Å². The Balaban J connectivity index is 2.28. The van der Waals surface area contributed by atoms with Crippen LogP contribution in [0.5, 0.6) is 5.75 Å². The first-order valence-electron chi connectivity index (χ1n) is 5.42. The monoisotopic (exact) mass is 280 g/mol. The largest absolute Gasteiger partial charge is 0.503 e. The summed E-state index contributed by atoms with van der Waals surface area (Å²) in [5.41, 5.74) is 6.24. The lowest BCUT2D eigenvalue weighted by Crippen LogP contribution is -2.35. The molecule has 0 atom stereocenters. The molecule has 2 rings (SSSR count). The topological polar surface area (TPSA) is 62.7 Å². The van der Waals surface area contributed by atoms with E-state index in [-0.39, 0.29) is 5.75 Å². The van der Waals surface area contributed by atoms with Crippen molar-refractivity contribution in [2.24, 2.45) is 0 Å². The van der Waals surface area contributed by atoms with Gasteiger partial charge in [-0.1, -0.05) is 30.3 Å². The summed E-state index contributed by atoms with van der Waals surface area (Å²) in [5.74, 6) is -1.84. The fraction of sp³-hybridized carbons (Fsp3) is 0.0769. The lowest BCUT2D eigenvalue weighted by atomic mass is 10.1. The van der Waals surface area contributed by atoms with E-state index in [4.69, 9.17) is 5.53 Å². The van der Waals surface area contributed by atoms with Crippen molar-refractivity contribution in [3.8, 4) is 5.75 Å². The Morgan fingerprint density at radius 2 is 1.75 bits per heavy atom. The maximum Gasteiger partial charge on any atom is 0.503 e. The van der Waals surface area contributed by atoms with Gasteiger partial charge in [0.25, 0.3) is 0 Å². The lowest BCUT2D eigenvalue weighted by Gasteiger charge is -2.04. The molecule has 0 aliphatic carbocycles. The molecule has 4 nitrogen and oxygen atoms in total. The number of esters is 1. The van der Waals surface area contributed by atoms with Crippen molar-refractivity contribution >= 4 is 22.5 Å². The van der Waals surface area contributed by atoms with E-state index in [1.165, 1.54) is 12.1 Å². The highest BCUT2D eigenvalue weighted by molar-refractivity contribution is 6.36. The van der Waals surface area contributed by atoms with Crippen molar-refractivity contribution in [2.45, 2.75) is 6.18 Å². The molecule has 2 aromatic carbocycles. The maximum atomic E-state index is 12.3. The van der Waals surface area contributed by atoms with Crippen molar-refractivity contribution < 1.29 is 27.5 Å². The zero-order valence-electron chi connectivity index (χ0n) is 9.89. The number of benzene rings is 2. The van der Waals surface area contributed by atoms with Gasteiger partial charge in [-0.25, -0.2) is 4.79 Å². The summed E-state index contributed by atoms with van der Waals surface area (Å²) >= 11 is 0. The fourth-order valence-corrected chi connectivity index (χ4v) is 1.60. The highest BCUT2D eigenvalue weighted by atomic mass is 19.4. The van der Waals surface area contributed by atoms with Crippen molar-refractivity contribution in [3.63, 3.8) is 0 Å². The summed E-state index contributed by atoms with van der Waals surface area (Å²) in [4.78, 5) is 13.2. The van der Waals surface area contributed by atoms with Crippen LogP contribution in [0.3, 0.4) is 0 Å². The van der Waals surface area contributed by atoms with Crippen LogP contribution in [0, 0.1) is 0 Å². The van der Waals surface area contributed by atoms with Gasteiger partial charge in [0.2, 0.25) is 0 Å². The highest BCUT2D eigenvalue weighted by Crippen LogP contribution is 2.22. The van der Waals surface area contributed by atoms with Crippen molar-refractivity contribution in [3.05, 3.63) is 48.0 Å². The molecule has 0 saturated carbocycles. The van der Waals surface area contributed by atoms with Crippen LogP contribution >= 0.6 is 0 Å². The number of alkyl halides is 3. The summed E-state index contributed by atoms with van der Waals surface area (Å²) in [7, 11) is 0. The van der Waals surface area contributed by atoms with E-state index < -0.39 is 17.9 Å². The molecule has 102 valence electrons. The Kier molecular flexibility index (Phi) is 3.54. The van der Waals surface area contributed by atoms with Crippen LogP contribution in [0.4, 0.5) is 13.2 Å². The van der Waals surface area contributed by atoms with E-state index in [1.807, 2.05) is 4.79 Å². The van der Waals surface area contributed by atoms with E-state index in [0.717, 1.165) is 5.39 Å². The molecular weight excluding hydrogens is 273 g/mol. The van der Waals surface area contributed by atoms with Gasteiger partial charge < -0.3 is 10.3 Å². The molecule has 0 spiro atoms. The van der Waals surface area contributed by atoms with Gasteiger partial charge in [-0.2, -0.15) is 18.0 Å². The highest BCUT2D eigenvalue weighted by Gasteiger charge is 2.51. The molecule has 0 heterocycles. The quantitative estimate of drug-likeness (QED) is 0.279. The van der Waals surface area contributed by atoms with Crippen molar-refractivity contribution in [2.75, 3.05) is 0 Å². The third-order valence-corrected chi connectivity index (χ3v) is 2.49. The van der Waals surface area contributed by atoms with Gasteiger partial charge in [-0.3, -0.25) is 0 Å². The minimum absolute atomic E-state index is 0.0703. The van der Waals surface area contributed by atoms with Crippen LogP contribution in [-0.2, 0) is 4.79 Å². The third kappa shape index (κ3) is 2.84. The normalized spacial score (nSPS) is 10.9. The minimum atomic E-state index is -5.08. The fourth-order valence-electron chi connectivity index (χ4n) is 1.60. The molecule has 0 aromatic heterocycles. The molecule has 0 aliphatic rings. The Morgan fingerprint density at radius 1 is 1.10 bits per heavy atom. The Bertz CT molecular complexity index is 719. The summed E-state index contributed by atoms with van der Waals surface area (Å²) in [5, 5.41) is 1.55. The predicted molar refractivity (Wildman–Crippen MR) is 64.3 cm³/mol. The van der Waals surface area contributed by atoms with Gasteiger partial charge in [0, 0.05) is 0 Å². The first-order chi connectivity index (χ1) is 9.41. The standard InChI is InChI=1S/C13H7F3N2O2/c14-13(15,16)11(18-17)12(19)20-10-6-5-8-3-1-2-4-9(8)7-10/h1-7H. The molecular formula is C13H7F3N2O2. The zero-order chi connectivity index (χ0) is 14.8. The number of hydrogen-bond donors (Lipinski definition) is 0. The second kappa shape index (κ2) is 5.14.